The number of hydrogen-bond donors (Lipinski definition) is 0. The highest BCUT2D eigenvalue weighted by Gasteiger charge is 2.02. The Hall–Kier alpha value is -0.300. The van der Waals surface area contributed by atoms with Crippen molar-refractivity contribution in [2.75, 3.05) is 19.6 Å². The Morgan fingerprint density at radius 3 is 2.21 bits per heavy atom. The molecule has 0 radical (unpaired) electrons. The van der Waals surface area contributed by atoms with Gasteiger partial charge in [-0.2, -0.15) is 0 Å². The minimum atomic E-state index is 1.13. The number of unbranched alkanes of at least 4 members (excludes halogenated alkanes) is 1. The second-order valence-corrected chi connectivity index (χ2v) is 4.05. The molecule has 0 heterocycles. The molecule has 0 aromatic rings. The summed E-state index contributed by atoms with van der Waals surface area (Å²) in [5.41, 5.74) is 1.39. The summed E-state index contributed by atoms with van der Waals surface area (Å²) < 4.78 is 0. The lowest BCUT2D eigenvalue weighted by Crippen LogP contribution is -2.27. The van der Waals surface area contributed by atoms with E-state index in [-0.39, 0.29) is 0 Å². The zero-order chi connectivity index (χ0) is 10.8. The van der Waals surface area contributed by atoms with Crippen molar-refractivity contribution in [1.82, 2.24) is 4.90 Å². The fraction of sp³-hybridized carbons (Fsp3) is 0.846. The first-order chi connectivity index (χ1) is 6.74. The van der Waals surface area contributed by atoms with E-state index in [9.17, 15) is 0 Å². The molecule has 0 rings (SSSR count). The van der Waals surface area contributed by atoms with E-state index in [0.717, 1.165) is 6.42 Å². The molecule has 0 aliphatic carbocycles. The van der Waals surface area contributed by atoms with Gasteiger partial charge in [0.05, 0.1) is 0 Å². The lowest BCUT2D eigenvalue weighted by molar-refractivity contribution is 0.272. The lowest BCUT2D eigenvalue weighted by Gasteiger charge is -2.21. The van der Waals surface area contributed by atoms with Crippen molar-refractivity contribution in [2.24, 2.45) is 0 Å². The van der Waals surface area contributed by atoms with E-state index in [0.29, 0.717) is 0 Å². The minimum Gasteiger partial charge on any atom is -0.303 e. The van der Waals surface area contributed by atoms with Gasteiger partial charge in [-0.15, -0.1) is 0 Å². The van der Waals surface area contributed by atoms with Gasteiger partial charge in [-0.25, -0.2) is 0 Å². The van der Waals surface area contributed by atoms with Crippen LogP contribution in [0.2, 0.25) is 0 Å². The first-order valence-electron chi connectivity index (χ1n) is 6.13. The molecule has 0 aromatic carbocycles. The third-order valence-electron chi connectivity index (χ3n) is 2.65. The molecule has 0 fully saturated rings. The predicted molar refractivity (Wildman–Crippen MR) is 65.7 cm³/mol. The second-order valence-electron chi connectivity index (χ2n) is 4.05. The molecule has 0 aliphatic rings. The van der Waals surface area contributed by atoms with Crippen LogP contribution in [0.4, 0.5) is 0 Å². The molecule has 1 heteroatoms. The van der Waals surface area contributed by atoms with Crippen LogP contribution in [0.25, 0.3) is 0 Å². The van der Waals surface area contributed by atoms with Gasteiger partial charge in [0.15, 0.2) is 0 Å². The number of nitrogens with zero attached hydrogens (tertiary/aromatic N) is 1. The maximum atomic E-state index is 4.06. The first-order valence-corrected chi connectivity index (χ1v) is 6.13. The van der Waals surface area contributed by atoms with Gasteiger partial charge in [-0.3, -0.25) is 0 Å². The summed E-state index contributed by atoms with van der Waals surface area (Å²) in [4.78, 5) is 2.57. The number of hydrogen-bond acceptors (Lipinski definition) is 1. The molecule has 1 nitrogen and oxygen atoms in total. The normalized spacial score (nSPS) is 10.9. The fourth-order valence-corrected chi connectivity index (χ4v) is 1.53. The zero-order valence-electron chi connectivity index (χ0n) is 10.3. The molecular weight excluding hydrogens is 170 g/mol. The monoisotopic (exact) mass is 197 g/mol. The Morgan fingerprint density at radius 2 is 1.71 bits per heavy atom. The predicted octanol–water partition coefficient (Wildman–Crippen LogP) is 3.85. The molecule has 0 atom stereocenters. The van der Waals surface area contributed by atoms with Crippen LogP contribution in [-0.2, 0) is 0 Å². The van der Waals surface area contributed by atoms with Crippen molar-refractivity contribution in [3.63, 3.8) is 0 Å². The lowest BCUT2D eigenvalue weighted by atomic mass is 10.1. The molecule has 0 aromatic heterocycles. The van der Waals surface area contributed by atoms with E-state index < -0.39 is 0 Å². The Balaban J connectivity index is 3.66. The van der Waals surface area contributed by atoms with Gasteiger partial charge >= 0.3 is 0 Å². The van der Waals surface area contributed by atoms with Crippen LogP contribution in [0.15, 0.2) is 12.2 Å². The summed E-state index contributed by atoms with van der Waals surface area (Å²) in [6, 6.07) is 0. The van der Waals surface area contributed by atoms with Crippen molar-refractivity contribution >= 4 is 0 Å². The van der Waals surface area contributed by atoms with Gasteiger partial charge in [0.25, 0.3) is 0 Å². The average molecular weight is 197 g/mol. The molecule has 0 saturated carbocycles. The molecule has 0 saturated heterocycles. The van der Waals surface area contributed by atoms with Crippen LogP contribution in [0.3, 0.4) is 0 Å². The quantitative estimate of drug-likeness (QED) is 0.507. The molecule has 0 N–H and O–H groups in total. The minimum absolute atomic E-state index is 1.13. The smallest absolute Gasteiger partial charge is 0.00185 e. The maximum Gasteiger partial charge on any atom is 0.00185 e. The Bertz CT molecular complexity index is 140. The summed E-state index contributed by atoms with van der Waals surface area (Å²) >= 11 is 0. The van der Waals surface area contributed by atoms with Crippen molar-refractivity contribution in [3.8, 4) is 0 Å². The Kier molecular flexibility index (Phi) is 9.06. The second kappa shape index (κ2) is 9.26. The van der Waals surface area contributed by atoms with Crippen molar-refractivity contribution < 1.29 is 0 Å². The summed E-state index contributed by atoms with van der Waals surface area (Å²) in [5.74, 6) is 0. The Morgan fingerprint density at radius 1 is 1.00 bits per heavy atom. The highest BCUT2D eigenvalue weighted by Crippen LogP contribution is 2.06. The molecule has 0 amide bonds. The van der Waals surface area contributed by atoms with Gasteiger partial charge in [0.2, 0.25) is 0 Å². The van der Waals surface area contributed by atoms with Crippen molar-refractivity contribution in [1.29, 1.82) is 0 Å². The van der Waals surface area contributed by atoms with E-state index in [1.165, 1.54) is 50.9 Å². The molecule has 0 aliphatic heterocycles. The fourth-order valence-electron chi connectivity index (χ4n) is 1.53. The van der Waals surface area contributed by atoms with Gasteiger partial charge < -0.3 is 4.90 Å². The molecule has 14 heavy (non-hydrogen) atoms. The van der Waals surface area contributed by atoms with E-state index in [4.69, 9.17) is 0 Å². The largest absolute Gasteiger partial charge is 0.303 e. The van der Waals surface area contributed by atoms with Crippen LogP contribution < -0.4 is 0 Å². The summed E-state index contributed by atoms with van der Waals surface area (Å²) in [5, 5.41) is 0. The zero-order valence-corrected chi connectivity index (χ0v) is 10.3. The van der Waals surface area contributed by atoms with Gasteiger partial charge in [0, 0.05) is 6.54 Å². The molecular formula is C13H27N. The van der Waals surface area contributed by atoms with E-state index in [1.807, 2.05) is 0 Å². The summed E-state index contributed by atoms with van der Waals surface area (Å²) in [6.45, 7) is 14.5. The molecule has 0 bridgehead atoms. The molecule has 0 spiro atoms. The highest BCUT2D eigenvalue weighted by molar-refractivity contribution is 4.92. The summed E-state index contributed by atoms with van der Waals surface area (Å²) in [7, 11) is 0. The number of rotatable bonds is 9. The van der Waals surface area contributed by atoms with E-state index in [1.54, 1.807) is 0 Å². The average Bonchev–Trinajstić information content (AvgIpc) is 2.21. The van der Waals surface area contributed by atoms with Gasteiger partial charge in [0.1, 0.15) is 0 Å². The van der Waals surface area contributed by atoms with E-state index in [2.05, 4.69) is 32.3 Å². The first kappa shape index (κ1) is 13.7. The molecule has 84 valence electrons. The Labute approximate surface area is 90.2 Å². The maximum absolute atomic E-state index is 4.06. The topological polar surface area (TPSA) is 3.24 Å². The SMILES string of the molecule is C=C(CC)CCN(CCC)CCCC. The van der Waals surface area contributed by atoms with Crippen LogP contribution >= 0.6 is 0 Å². The van der Waals surface area contributed by atoms with Crippen LogP contribution in [0.1, 0.15) is 52.9 Å². The third-order valence-corrected chi connectivity index (χ3v) is 2.65. The van der Waals surface area contributed by atoms with Gasteiger partial charge in [-0.05, 0) is 38.8 Å². The van der Waals surface area contributed by atoms with E-state index >= 15 is 0 Å². The van der Waals surface area contributed by atoms with Crippen molar-refractivity contribution in [3.05, 3.63) is 12.2 Å². The van der Waals surface area contributed by atoms with Gasteiger partial charge in [-0.1, -0.05) is 39.3 Å². The van der Waals surface area contributed by atoms with Crippen LogP contribution in [0.5, 0.6) is 0 Å². The van der Waals surface area contributed by atoms with Crippen LogP contribution in [0, 0.1) is 0 Å². The van der Waals surface area contributed by atoms with Crippen molar-refractivity contribution in [2.45, 2.75) is 52.9 Å². The standard InChI is InChI=1S/C13H27N/c1-5-8-11-14(10-6-2)12-9-13(4)7-3/h4-12H2,1-3H3. The molecule has 0 unspecified atom stereocenters. The third kappa shape index (κ3) is 7.14. The summed E-state index contributed by atoms with van der Waals surface area (Å²) in [6.07, 6.45) is 6.21. The highest BCUT2D eigenvalue weighted by atomic mass is 15.1. The van der Waals surface area contributed by atoms with Crippen LogP contribution in [-0.4, -0.2) is 24.5 Å².